The zero-order valence-corrected chi connectivity index (χ0v) is 17.7. The van der Waals surface area contributed by atoms with Gasteiger partial charge in [-0.2, -0.15) is 4.31 Å². The van der Waals surface area contributed by atoms with Crippen LogP contribution in [-0.4, -0.2) is 62.3 Å². The Labute approximate surface area is 169 Å². The molecule has 1 amide bonds. The van der Waals surface area contributed by atoms with E-state index in [0.29, 0.717) is 19.5 Å². The van der Waals surface area contributed by atoms with Crippen LogP contribution < -0.4 is 5.32 Å². The molecule has 7 heteroatoms. The van der Waals surface area contributed by atoms with Crippen molar-refractivity contribution in [3.8, 4) is 0 Å². The highest BCUT2D eigenvalue weighted by Gasteiger charge is 2.39. The topological polar surface area (TPSA) is 69.7 Å². The first-order chi connectivity index (χ1) is 13.5. The van der Waals surface area contributed by atoms with Crippen molar-refractivity contribution in [1.29, 1.82) is 0 Å². The molecule has 2 aliphatic heterocycles. The summed E-state index contributed by atoms with van der Waals surface area (Å²) in [7, 11) is -3.62. The van der Waals surface area contributed by atoms with Gasteiger partial charge in [0.05, 0.1) is 4.90 Å². The Kier molecular flexibility index (Phi) is 7.48. The molecule has 28 heavy (non-hydrogen) atoms. The molecule has 0 aromatic heterocycles. The average Bonchev–Trinajstić information content (AvgIpc) is 3.19. The van der Waals surface area contributed by atoms with E-state index in [0.717, 1.165) is 31.7 Å². The molecule has 0 spiro atoms. The number of piperidine rings is 1. The molecular weight excluding hydrogens is 374 g/mol. The molecule has 2 saturated heterocycles. The minimum atomic E-state index is -3.62. The minimum Gasteiger partial charge on any atom is -0.355 e. The van der Waals surface area contributed by atoms with E-state index in [2.05, 4.69) is 17.1 Å². The summed E-state index contributed by atoms with van der Waals surface area (Å²) in [5.41, 5.74) is 0. The summed E-state index contributed by atoms with van der Waals surface area (Å²) in [6.45, 7) is 6.77. The third-order valence-electron chi connectivity index (χ3n) is 5.80. The summed E-state index contributed by atoms with van der Waals surface area (Å²) in [5.74, 6) is 0.622. The van der Waals surface area contributed by atoms with E-state index in [1.54, 1.807) is 30.3 Å². The zero-order chi connectivity index (χ0) is 20.0. The molecule has 3 rings (SSSR count). The van der Waals surface area contributed by atoms with Gasteiger partial charge in [-0.3, -0.25) is 4.79 Å². The molecule has 6 nitrogen and oxygen atoms in total. The van der Waals surface area contributed by atoms with E-state index in [1.165, 1.54) is 30.2 Å². The first-order valence-corrected chi connectivity index (χ1v) is 12.0. The van der Waals surface area contributed by atoms with E-state index >= 15 is 0 Å². The lowest BCUT2D eigenvalue weighted by Crippen LogP contribution is -2.46. The van der Waals surface area contributed by atoms with Crippen LogP contribution in [0.15, 0.2) is 35.2 Å². The molecule has 0 radical (unpaired) electrons. The van der Waals surface area contributed by atoms with Crippen LogP contribution in [0.25, 0.3) is 0 Å². The number of amides is 1. The summed E-state index contributed by atoms with van der Waals surface area (Å²) >= 11 is 0. The Balaban J connectivity index is 1.45. The van der Waals surface area contributed by atoms with Gasteiger partial charge in [0.25, 0.3) is 0 Å². The van der Waals surface area contributed by atoms with Crippen LogP contribution in [0.1, 0.15) is 45.4 Å². The third-order valence-corrected chi connectivity index (χ3v) is 7.72. The number of benzene rings is 1. The molecule has 2 atom stereocenters. The van der Waals surface area contributed by atoms with E-state index in [4.69, 9.17) is 0 Å². The molecule has 1 N–H and O–H groups in total. The molecule has 0 unspecified atom stereocenters. The molecule has 156 valence electrons. The number of carbonyl (C=O) groups excluding carboxylic acids is 1. The number of hydrogen-bond donors (Lipinski definition) is 1. The van der Waals surface area contributed by atoms with Crippen LogP contribution >= 0.6 is 0 Å². The maximum Gasteiger partial charge on any atom is 0.243 e. The summed E-state index contributed by atoms with van der Waals surface area (Å²) in [6.07, 6.45) is 5.90. The second-order valence-electron chi connectivity index (χ2n) is 8.13. The summed E-state index contributed by atoms with van der Waals surface area (Å²) in [5, 5.41) is 2.96. The Hall–Kier alpha value is -1.44. The van der Waals surface area contributed by atoms with Gasteiger partial charge in [0, 0.05) is 19.6 Å². The number of carbonyl (C=O) groups is 1. The quantitative estimate of drug-likeness (QED) is 0.672. The lowest BCUT2D eigenvalue weighted by Gasteiger charge is -2.30. The van der Waals surface area contributed by atoms with Crippen LogP contribution in [0.5, 0.6) is 0 Å². The van der Waals surface area contributed by atoms with Crippen LogP contribution in [-0.2, 0) is 14.8 Å². The first kappa shape index (κ1) is 21.3. The Morgan fingerprint density at radius 1 is 1.11 bits per heavy atom. The highest BCUT2D eigenvalue weighted by Crippen LogP contribution is 2.26. The minimum absolute atomic E-state index is 0.163. The molecule has 2 fully saturated rings. The predicted octanol–water partition coefficient (Wildman–Crippen LogP) is 2.47. The molecule has 1 aromatic rings. The number of likely N-dealkylation sites (tertiary alicyclic amines) is 1. The second kappa shape index (κ2) is 9.85. The fourth-order valence-electron chi connectivity index (χ4n) is 4.30. The molecule has 2 heterocycles. The van der Waals surface area contributed by atoms with Gasteiger partial charge in [0.15, 0.2) is 0 Å². The zero-order valence-electron chi connectivity index (χ0n) is 16.8. The van der Waals surface area contributed by atoms with Gasteiger partial charge in [-0.1, -0.05) is 25.1 Å². The normalized spacial score (nSPS) is 24.3. The lowest BCUT2D eigenvalue weighted by atomic mass is 10.0. The standard InChI is InChI=1S/C21H33N3O3S/c1-18-9-7-15-23(17-18)14-6-5-13-22-21(25)20-12-8-16-24(20)28(26,27)19-10-3-2-4-11-19/h2-4,10-11,18,20H,5-9,12-17H2,1H3,(H,22,25)/t18-,20-/m0/s1. The monoisotopic (exact) mass is 407 g/mol. The summed E-state index contributed by atoms with van der Waals surface area (Å²) in [6, 6.07) is 7.79. The Bertz CT molecular complexity index is 739. The Morgan fingerprint density at radius 2 is 1.86 bits per heavy atom. The van der Waals surface area contributed by atoms with Crippen molar-refractivity contribution >= 4 is 15.9 Å². The number of sulfonamides is 1. The van der Waals surface area contributed by atoms with Crippen LogP contribution in [0.2, 0.25) is 0 Å². The second-order valence-corrected chi connectivity index (χ2v) is 10.0. The van der Waals surface area contributed by atoms with Gasteiger partial charge in [0.1, 0.15) is 6.04 Å². The van der Waals surface area contributed by atoms with Crippen molar-refractivity contribution in [1.82, 2.24) is 14.5 Å². The fourth-order valence-corrected chi connectivity index (χ4v) is 5.97. The van der Waals surface area contributed by atoms with Crippen molar-refractivity contribution in [3.05, 3.63) is 30.3 Å². The molecule has 1 aromatic carbocycles. The van der Waals surface area contributed by atoms with Gasteiger partial charge >= 0.3 is 0 Å². The molecule has 0 bridgehead atoms. The maximum atomic E-state index is 12.9. The molecular formula is C21H33N3O3S. The number of nitrogens with one attached hydrogen (secondary N) is 1. The van der Waals surface area contributed by atoms with Crippen molar-refractivity contribution < 1.29 is 13.2 Å². The number of unbranched alkanes of at least 4 members (excludes halogenated alkanes) is 1. The molecule has 0 saturated carbocycles. The van der Waals surface area contributed by atoms with Crippen molar-refractivity contribution in [3.63, 3.8) is 0 Å². The summed E-state index contributed by atoms with van der Waals surface area (Å²) < 4.78 is 27.1. The van der Waals surface area contributed by atoms with Gasteiger partial charge in [-0.25, -0.2) is 8.42 Å². The first-order valence-electron chi connectivity index (χ1n) is 10.6. The van der Waals surface area contributed by atoms with E-state index in [9.17, 15) is 13.2 Å². The van der Waals surface area contributed by atoms with Crippen LogP contribution in [0, 0.1) is 5.92 Å². The fraction of sp³-hybridized carbons (Fsp3) is 0.667. The van der Waals surface area contributed by atoms with Crippen molar-refractivity contribution in [2.75, 3.05) is 32.7 Å². The largest absolute Gasteiger partial charge is 0.355 e. The SMILES string of the molecule is C[C@H]1CCCN(CCCCNC(=O)[C@@H]2CCCN2S(=O)(=O)c2ccccc2)C1. The van der Waals surface area contributed by atoms with Gasteiger partial charge in [-0.05, 0) is 69.7 Å². The van der Waals surface area contributed by atoms with Gasteiger partial charge in [-0.15, -0.1) is 0 Å². The Morgan fingerprint density at radius 3 is 2.61 bits per heavy atom. The highest BCUT2D eigenvalue weighted by molar-refractivity contribution is 7.89. The van der Waals surface area contributed by atoms with Crippen LogP contribution in [0.3, 0.4) is 0 Å². The number of rotatable bonds is 8. The van der Waals surface area contributed by atoms with E-state index < -0.39 is 16.1 Å². The van der Waals surface area contributed by atoms with Crippen LogP contribution in [0.4, 0.5) is 0 Å². The average molecular weight is 408 g/mol. The van der Waals surface area contributed by atoms with Crippen molar-refractivity contribution in [2.24, 2.45) is 5.92 Å². The van der Waals surface area contributed by atoms with Gasteiger partial charge < -0.3 is 10.2 Å². The van der Waals surface area contributed by atoms with E-state index in [1.807, 2.05) is 0 Å². The van der Waals surface area contributed by atoms with Crippen molar-refractivity contribution in [2.45, 2.75) is 56.4 Å². The van der Waals surface area contributed by atoms with E-state index in [-0.39, 0.29) is 10.8 Å². The molecule has 2 aliphatic rings. The van der Waals surface area contributed by atoms with Gasteiger partial charge in [0.2, 0.25) is 15.9 Å². The number of nitrogens with zero attached hydrogens (tertiary/aromatic N) is 2. The number of hydrogen-bond acceptors (Lipinski definition) is 4. The summed E-state index contributed by atoms with van der Waals surface area (Å²) in [4.78, 5) is 15.4. The predicted molar refractivity (Wildman–Crippen MR) is 110 cm³/mol. The molecule has 0 aliphatic carbocycles. The smallest absolute Gasteiger partial charge is 0.243 e. The highest BCUT2D eigenvalue weighted by atomic mass is 32.2. The lowest BCUT2D eigenvalue weighted by molar-refractivity contribution is -0.124. The maximum absolute atomic E-state index is 12.9. The third kappa shape index (κ3) is 5.33.